The minimum atomic E-state index is -0.611. The van der Waals surface area contributed by atoms with E-state index in [0.29, 0.717) is 34.3 Å². The fraction of sp³-hybridized carbons (Fsp3) is 0.267. The van der Waals surface area contributed by atoms with Crippen molar-refractivity contribution in [2.45, 2.75) is 25.3 Å². The summed E-state index contributed by atoms with van der Waals surface area (Å²) in [5, 5.41) is 16.4. The summed E-state index contributed by atoms with van der Waals surface area (Å²) in [6.45, 7) is 1.66. The summed E-state index contributed by atoms with van der Waals surface area (Å²) in [6, 6.07) is 12.3. The van der Waals surface area contributed by atoms with Crippen LogP contribution in [-0.4, -0.2) is 54.9 Å². The molecule has 3 aliphatic rings. The molecule has 3 amide bonds. The van der Waals surface area contributed by atoms with Gasteiger partial charge in [-0.1, -0.05) is 18.0 Å². The number of anilines is 4. The molecule has 1 saturated heterocycles. The number of hydrogen-bond acceptors (Lipinski definition) is 9. The van der Waals surface area contributed by atoms with E-state index in [1.54, 1.807) is 24.3 Å². The highest BCUT2D eigenvalue weighted by Gasteiger charge is 2.38. The third-order valence-electron chi connectivity index (χ3n) is 7.84. The van der Waals surface area contributed by atoms with Gasteiger partial charge in [0.15, 0.2) is 11.5 Å². The number of hydrogen-bond donors (Lipinski definition) is 2. The minimum Gasteiger partial charge on any atom is -0.492 e. The van der Waals surface area contributed by atoms with Crippen LogP contribution in [0.4, 0.5) is 27.5 Å². The zero-order chi connectivity index (χ0) is 29.7. The first-order valence-electron chi connectivity index (χ1n) is 13.7. The van der Waals surface area contributed by atoms with Crippen molar-refractivity contribution in [3.8, 4) is 23.3 Å². The number of nitriles is 1. The summed E-state index contributed by atoms with van der Waals surface area (Å²) in [5.74, 6) is 1.000. The molecule has 0 spiro atoms. The van der Waals surface area contributed by atoms with Crippen LogP contribution in [0.3, 0.4) is 0 Å². The van der Waals surface area contributed by atoms with E-state index in [1.165, 1.54) is 23.9 Å². The van der Waals surface area contributed by atoms with Crippen LogP contribution < -0.4 is 29.7 Å². The number of halogens is 1. The summed E-state index contributed by atoms with van der Waals surface area (Å²) in [7, 11) is 2.12. The second-order valence-electron chi connectivity index (χ2n) is 10.4. The first-order chi connectivity index (χ1) is 20.9. The van der Waals surface area contributed by atoms with Gasteiger partial charge >= 0.3 is 6.03 Å². The number of carbonyl (C=O) groups excluding carboxylic acids is 2. The Labute approximate surface area is 255 Å². The lowest BCUT2D eigenvalue weighted by atomic mass is 10.0. The molecule has 0 radical (unpaired) electrons. The number of carbonyl (C=O) groups is 2. The molecule has 5 heterocycles. The third-order valence-corrected chi connectivity index (χ3v) is 9.24. The number of likely N-dealkylation sites (N-methyl/N-ethyl adjacent to an activating group) is 1. The number of benzene rings is 2. The number of aromatic nitrogens is 1. The van der Waals surface area contributed by atoms with E-state index in [4.69, 9.17) is 25.8 Å². The first-order valence-corrected chi connectivity index (χ1v) is 14.9. The Hall–Kier alpha value is -4.57. The second-order valence-corrected chi connectivity index (χ2v) is 11.8. The molecule has 218 valence electrons. The van der Waals surface area contributed by atoms with E-state index in [1.807, 2.05) is 12.1 Å². The minimum absolute atomic E-state index is 0.0337. The molecular weight excluding hydrogens is 592 g/mol. The van der Waals surface area contributed by atoms with Crippen molar-refractivity contribution in [1.82, 2.24) is 9.88 Å². The van der Waals surface area contributed by atoms with Crippen molar-refractivity contribution in [1.29, 1.82) is 5.26 Å². The molecule has 3 aliphatic heterocycles. The number of pyridine rings is 1. The van der Waals surface area contributed by atoms with Gasteiger partial charge in [-0.2, -0.15) is 5.26 Å². The fourth-order valence-electron chi connectivity index (χ4n) is 5.63. The average Bonchev–Trinajstić information content (AvgIpc) is 3.64. The molecule has 43 heavy (non-hydrogen) atoms. The molecule has 11 nitrogen and oxygen atoms in total. The van der Waals surface area contributed by atoms with E-state index in [0.717, 1.165) is 30.1 Å². The van der Waals surface area contributed by atoms with Crippen LogP contribution in [-0.2, 0) is 0 Å². The topological polar surface area (TPSA) is 129 Å². The number of rotatable bonds is 6. The zero-order valence-corrected chi connectivity index (χ0v) is 24.6. The Morgan fingerprint density at radius 1 is 1.23 bits per heavy atom. The van der Waals surface area contributed by atoms with Crippen molar-refractivity contribution in [3.63, 3.8) is 0 Å². The highest BCUT2D eigenvalue weighted by molar-refractivity contribution is 7.21. The summed E-state index contributed by atoms with van der Waals surface area (Å²) >= 11 is 7.67. The predicted octanol–water partition coefficient (Wildman–Crippen LogP) is 6.35. The molecule has 0 bridgehead atoms. The van der Waals surface area contributed by atoms with Gasteiger partial charge in [-0.15, -0.1) is 11.3 Å². The maximum absolute atomic E-state index is 13.7. The number of fused-ring (bicyclic) bond motifs is 1. The molecule has 7 rings (SSSR count). The standard InChI is InChI=1S/C30H25ClN6O5S/c1-36-11-3-2-4-18(36)14-40-19-7-5-17(6-8-19)34-28(38)27-23-22-24(16(12-32)13-33-29(22)43-27)37(30(39)35-23)25-20(31)9-10-21-26(25)42-15-41-21/h5-10,13,18H,2-4,11,14-15H2,1H3,(H,34,38)(H,35,39). The van der Waals surface area contributed by atoms with Crippen LogP contribution in [0.25, 0.3) is 10.2 Å². The monoisotopic (exact) mass is 616 g/mol. The van der Waals surface area contributed by atoms with Crippen LogP contribution in [0.15, 0.2) is 42.6 Å². The molecule has 1 fully saturated rings. The Balaban J connectivity index is 1.18. The van der Waals surface area contributed by atoms with Gasteiger partial charge in [0.05, 0.1) is 27.3 Å². The number of piperidine rings is 1. The highest BCUT2D eigenvalue weighted by atomic mass is 35.5. The van der Waals surface area contributed by atoms with E-state index in [2.05, 4.69) is 33.6 Å². The van der Waals surface area contributed by atoms with E-state index < -0.39 is 11.9 Å². The third kappa shape index (κ3) is 4.75. The number of amides is 3. The molecule has 2 aromatic carbocycles. The normalized spacial score (nSPS) is 17.5. The Bertz CT molecular complexity index is 1820. The maximum atomic E-state index is 13.7. The highest BCUT2D eigenvalue weighted by Crippen LogP contribution is 2.53. The van der Waals surface area contributed by atoms with Crippen molar-refractivity contribution < 1.29 is 23.8 Å². The lowest BCUT2D eigenvalue weighted by molar-refractivity contribution is 0.103. The Morgan fingerprint density at radius 2 is 2.07 bits per heavy atom. The summed E-state index contributed by atoms with van der Waals surface area (Å²) < 4.78 is 17.1. The number of nitrogens with zero attached hydrogens (tertiary/aromatic N) is 4. The fourth-order valence-corrected chi connectivity index (χ4v) is 6.86. The maximum Gasteiger partial charge on any atom is 0.331 e. The quantitative estimate of drug-likeness (QED) is 0.256. The van der Waals surface area contributed by atoms with E-state index in [9.17, 15) is 14.9 Å². The number of ether oxygens (including phenoxy) is 3. The van der Waals surface area contributed by atoms with Gasteiger partial charge in [0, 0.05) is 17.9 Å². The van der Waals surface area contributed by atoms with Crippen molar-refractivity contribution in [3.05, 3.63) is 58.1 Å². The molecule has 2 aromatic heterocycles. The molecule has 2 N–H and O–H groups in total. The smallest absolute Gasteiger partial charge is 0.331 e. The van der Waals surface area contributed by atoms with Gasteiger partial charge < -0.3 is 29.7 Å². The van der Waals surface area contributed by atoms with Crippen molar-refractivity contribution in [2.75, 3.05) is 42.5 Å². The van der Waals surface area contributed by atoms with Crippen molar-refractivity contribution >= 4 is 67.8 Å². The second kappa shape index (κ2) is 10.9. The first kappa shape index (κ1) is 27.3. The molecule has 1 atom stereocenters. The lowest BCUT2D eigenvalue weighted by Gasteiger charge is -2.32. The van der Waals surface area contributed by atoms with Crippen LogP contribution in [0.1, 0.15) is 34.5 Å². The van der Waals surface area contributed by atoms with E-state index in [-0.39, 0.29) is 45.1 Å². The summed E-state index contributed by atoms with van der Waals surface area (Å²) in [6.07, 6.45) is 4.92. The Morgan fingerprint density at radius 3 is 2.86 bits per heavy atom. The number of likely N-dealkylation sites (tertiary alicyclic amines) is 1. The summed E-state index contributed by atoms with van der Waals surface area (Å²) in [5.41, 5.74) is 1.47. The zero-order valence-electron chi connectivity index (χ0n) is 23.0. The largest absolute Gasteiger partial charge is 0.492 e. The lowest BCUT2D eigenvalue weighted by Crippen LogP contribution is -2.40. The molecule has 0 aliphatic carbocycles. The van der Waals surface area contributed by atoms with Gasteiger partial charge in [0.2, 0.25) is 6.79 Å². The van der Waals surface area contributed by atoms with Gasteiger partial charge in [-0.25, -0.2) is 9.78 Å². The van der Waals surface area contributed by atoms with Crippen LogP contribution >= 0.6 is 22.9 Å². The van der Waals surface area contributed by atoms with Gasteiger partial charge in [-0.05, 0) is 62.8 Å². The predicted molar refractivity (Wildman–Crippen MR) is 163 cm³/mol. The number of thiophene rings is 1. The molecule has 13 heteroatoms. The number of urea groups is 1. The van der Waals surface area contributed by atoms with Gasteiger partial charge in [0.1, 0.15) is 33.8 Å². The van der Waals surface area contributed by atoms with Crippen LogP contribution in [0, 0.1) is 11.3 Å². The van der Waals surface area contributed by atoms with Crippen LogP contribution in [0.2, 0.25) is 5.02 Å². The molecule has 1 unspecified atom stereocenters. The van der Waals surface area contributed by atoms with Crippen molar-refractivity contribution in [2.24, 2.45) is 0 Å². The molecule has 4 aromatic rings. The Kier molecular flexibility index (Phi) is 6.93. The average molecular weight is 617 g/mol. The summed E-state index contributed by atoms with van der Waals surface area (Å²) in [4.78, 5) is 35.9. The number of nitrogens with one attached hydrogen (secondary N) is 2. The molecule has 0 saturated carbocycles. The van der Waals surface area contributed by atoms with Crippen LogP contribution in [0.5, 0.6) is 17.2 Å². The SMILES string of the molecule is CN1CCCCC1COc1ccc(NC(=O)c2sc3ncc(C#N)c4c3c2NC(=O)N4c2c(Cl)ccc3c2OCO3)cc1. The van der Waals surface area contributed by atoms with Gasteiger partial charge in [-0.3, -0.25) is 9.69 Å². The molecular formula is C30H25ClN6O5S. The van der Waals surface area contributed by atoms with Gasteiger partial charge in [0.25, 0.3) is 5.91 Å². The van der Waals surface area contributed by atoms with E-state index >= 15 is 0 Å².